The lowest BCUT2D eigenvalue weighted by Gasteiger charge is -2.33. The summed E-state index contributed by atoms with van der Waals surface area (Å²) in [6, 6.07) is 12.3. The Bertz CT molecular complexity index is 1210. The number of piperazine rings is 1. The maximum Gasteiger partial charge on any atom is 0.410 e. The Labute approximate surface area is 187 Å². The van der Waals surface area contributed by atoms with E-state index in [4.69, 9.17) is 4.74 Å². The predicted molar refractivity (Wildman–Crippen MR) is 116 cm³/mol. The third kappa shape index (κ3) is 4.48. The van der Waals surface area contributed by atoms with E-state index in [1.807, 2.05) is 30.3 Å². The van der Waals surface area contributed by atoms with Crippen molar-refractivity contribution < 1.29 is 23.1 Å². The number of aromatic nitrogens is 2. The molecule has 0 radical (unpaired) electrons. The van der Waals surface area contributed by atoms with Crippen molar-refractivity contribution in [2.45, 2.75) is 11.5 Å². The van der Waals surface area contributed by atoms with Crippen LogP contribution in [0.25, 0.3) is 10.9 Å². The summed E-state index contributed by atoms with van der Waals surface area (Å²) >= 11 is 3.28. The molecule has 0 spiro atoms. The van der Waals surface area contributed by atoms with Crippen molar-refractivity contribution in [1.82, 2.24) is 19.2 Å². The number of aromatic hydroxyl groups is 1. The fourth-order valence-electron chi connectivity index (χ4n) is 3.35. The van der Waals surface area contributed by atoms with Gasteiger partial charge in [-0.2, -0.15) is 4.31 Å². The van der Waals surface area contributed by atoms with Crippen LogP contribution in [0.5, 0.6) is 5.88 Å². The number of fused-ring (bicyclic) bond motifs is 1. The molecular weight excluding hydrogens is 488 g/mol. The van der Waals surface area contributed by atoms with E-state index in [2.05, 4.69) is 25.9 Å². The van der Waals surface area contributed by atoms with Gasteiger partial charge >= 0.3 is 6.09 Å². The van der Waals surface area contributed by atoms with Gasteiger partial charge in [-0.25, -0.2) is 23.2 Å². The molecule has 11 heteroatoms. The van der Waals surface area contributed by atoms with Crippen molar-refractivity contribution in [1.29, 1.82) is 0 Å². The number of halogens is 1. The second-order valence-corrected chi connectivity index (χ2v) is 9.75. The molecule has 1 fully saturated rings. The van der Waals surface area contributed by atoms with Crippen LogP contribution in [0.4, 0.5) is 4.79 Å². The molecule has 1 aromatic heterocycles. The zero-order valence-corrected chi connectivity index (χ0v) is 18.7. The van der Waals surface area contributed by atoms with Crippen LogP contribution in [-0.4, -0.2) is 65.0 Å². The molecule has 2 heterocycles. The van der Waals surface area contributed by atoms with Crippen molar-refractivity contribution in [2.75, 3.05) is 26.2 Å². The van der Waals surface area contributed by atoms with E-state index in [9.17, 15) is 18.3 Å². The number of amides is 1. The van der Waals surface area contributed by atoms with Crippen molar-refractivity contribution in [3.05, 3.63) is 58.8 Å². The quantitative estimate of drug-likeness (QED) is 0.578. The van der Waals surface area contributed by atoms with Crippen molar-refractivity contribution in [2.24, 2.45) is 0 Å². The van der Waals surface area contributed by atoms with E-state index in [-0.39, 0.29) is 54.5 Å². The first-order valence-electron chi connectivity index (χ1n) is 9.45. The van der Waals surface area contributed by atoms with E-state index < -0.39 is 16.1 Å². The number of sulfonamides is 1. The van der Waals surface area contributed by atoms with Crippen LogP contribution in [0.1, 0.15) is 5.56 Å². The van der Waals surface area contributed by atoms with Crippen LogP contribution in [0.3, 0.4) is 0 Å². The van der Waals surface area contributed by atoms with E-state index in [0.29, 0.717) is 4.47 Å². The molecule has 4 rings (SSSR count). The number of benzene rings is 2. The Kier molecular flexibility index (Phi) is 6.08. The van der Waals surface area contributed by atoms with Gasteiger partial charge in [-0.15, -0.1) is 0 Å². The summed E-state index contributed by atoms with van der Waals surface area (Å²) in [4.78, 5) is 21.6. The topological polar surface area (TPSA) is 113 Å². The van der Waals surface area contributed by atoms with Gasteiger partial charge in [0, 0.05) is 30.7 Å². The number of hydrogen-bond donors (Lipinski definition) is 1. The second kappa shape index (κ2) is 8.77. The number of ether oxygens (including phenoxy) is 1. The second-order valence-electron chi connectivity index (χ2n) is 6.93. The molecular formula is C20H19BrN4O5S. The van der Waals surface area contributed by atoms with Gasteiger partial charge in [-0.05, 0) is 17.7 Å². The normalized spacial score (nSPS) is 15.2. The molecule has 0 unspecified atom stereocenters. The molecule has 1 aliphatic heterocycles. The summed E-state index contributed by atoms with van der Waals surface area (Å²) in [6.45, 7) is 0.811. The van der Waals surface area contributed by atoms with Crippen LogP contribution >= 0.6 is 15.9 Å². The minimum atomic E-state index is -3.91. The van der Waals surface area contributed by atoms with E-state index >= 15 is 0 Å². The summed E-state index contributed by atoms with van der Waals surface area (Å²) in [5.74, 6) is -0.297. The van der Waals surface area contributed by atoms with Crippen LogP contribution < -0.4 is 0 Å². The number of carbonyl (C=O) groups is 1. The third-order valence-corrected chi connectivity index (χ3v) is 7.34. The Balaban J connectivity index is 1.47. The van der Waals surface area contributed by atoms with Gasteiger partial charge in [-0.3, -0.25) is 0 Å². The zero-order valence-electron chi connectivity index (χ0n) is 16.3. The summed E-state index contributed by atoms with van der Waals surface area (Å²) in [5, 5.41) is 10.2. The van der Waals surface area contributed by atoms with Crippen molar-refractivity contribution in [3.8, 4) is 5.88 Å². The fraction of sp³-hybridized carbons (Fsp3) is 0.250. The first-order chi connectivity index (χ1) is 14.9. The number of rotatable bonds is 4. The van der Waals surface area contributed by atoms with Gasteiger partial charge in [0.2, 0.25) is 15.9 Å². The lowest BCUT2D eigenvalue weighted by atomic mass is 10.2. The molecule has 0 saturated carbocycles. The highest BCUT2D eigenvalue weighted by molar-refractivity contribution is 9.10. The Hall–Kier alpha value is -2.76. The number of carbonyl (C=O) groups excluding carboxylic acids is 1. The first-order valence-corrected chi connectivity index (χ1v) is 11.7. The molecule has 0 aliphatic carbocycles. The fourth-order valence-corrected chi connectivity index (χ4v) is 5.56. The SMILES string of the molecule is O=C(OCc1ccccc1)N1CCN(S(=O)(=O)c2cc(Br)cc3c(O)ncnc23)CC1. The Morgan fingerprint density at radius 2 is 1.81 bits per heavy atom. The summed E-state index contributed by atoms with van der Waals surface area (Å²) < 4.78 is 33.7. The minimum Gasteiger partial charge on any atom is -0.493 e. The highest BCUT2D eigenvalue weighted by atomic mass is 79.9. The van der Waals surface area contributed by atoms with Crippen LogP contribution in [0, 0.1) is 0 Å². The van der Waals surface area contributed by atoms with Gasteiger partial charge in [0.1, 0.15) is 17.8 Å². The molecule has 31 heavy (non-hydrogen) atoms. The molecule has 1 amide bonds. The third-order valence-electron chi connectivity index (χ3n) is 4.97. The molecule has 1 N–H and O–H groups in total. The average molecular weight is 507 g/mol. The lowest BCUT2D eigenvalue weighted by Crippen LogP contribution is -2.50. The monoisotopic (exact) mass is 506 g/mol. The molecule has 9 nitrogen and oxygen atoms in total. The van der Waals surface area contributed by atoms with Crippen LogP contribution in [-0.2, 0) is 21.4 Å². The summed E-state index contributed by atoms with van der Waals surface area (Å²) in [6.07, 6.45) is 0.636. The highest BCUT2D eigenvalue weighted by Crippen LogP contribution is 2.32. The van der Waals surface area contributed by atoms with Gasteiger partial charge in [0.15, 0.2) is 0 Å². The zero-order chi connectivity index (χ0) is 22.0. The largest absolute Gasteiger partial charge is 0.493 e. The Morgan fingerprint density at radius 3 is 2.52 bits per heavy atom. The minimum absolute atomic E-state index is 0.0327. The maximum absolute atomic E-state index is 13.3. The molecule has 1 saturated heterocycles. The van der Waals surface area contributed by atoms with Crippen LogP contribution in [0.2, 0.25) is 0 Å². The smallest absolute Gasteiger partial charge is 0.410 e. The molecule has 162 valence electrons. The van der Waals surface area contributed by atoms with Gasteiger partial charge in [0.25, 0.3) is 0 Å². The number of nitrogens with zero attached hydrogens (tertiary/aromatic N) is 4. The Morgan fingerprint density at radius 1 is 1.10 bits per heavy atom. The number of hydrogen-bond acceptors (Lipinski definition) is 7. The molecule has 3 aromatic rings. The highest BCUT2D eigenvalue weighted by Gasteiger charge is 2.32. The van der Waals surface area contributed by atoms with Crippen molar-refractivity contribution in [3.63, 3.8) is 0 Å². The van der Waals surface area contributed by atoms with E-state index in [1.165, 1.54) is 15.3 Å². The van der Waals surface area contributed by atoms with Gasteiger partial charge < -0.3 is 14.7 Å². The predicted octanol–water partition coefficient (Wildman–Crippen LogP) is 2.74. The van der Waals surface area contributed by atoms with Gasteiger partial charge in [0.05, 0.1) is 10.9 Å². The average Bonchev–Trinajstić information content (AvgIpc) is 2.78. The summed E-state index contributed by atoms with van der Waals surface area (Å²) in [7, 11) is -3.91. The molecule has 2 aromatic carbocycles. The molecule has 0 atom stereocenters. The molecule has 1 aliphatic rings. The maximum atomic E-state index is 13.3. The van der Waals surface area contributed by atoms with Crippen molar-refractivity contribution >= 4 is 42.9 Å². The van der Waals surface area contributed by atoms with Gasteiger partial charge in [-0.1, -0.05) is 46.3 Å². The molecule has 0 bridgehead atoms. The van der Waals surface area contributed by atoms with E-state index in [0.717, 1.165) is 11.9 Å². The lowest BCUT2D eigenvalue weighted by molar-refractivity contribution is 0.0838. The van der Waals surface area contributed by atoms with E-state index in [1.54, 1.807) is 6.07 Å². The summed E-state index contributed by atoms with van der Waals surface area (Å²) in [5.41, 5.74) is 1.02. The first kappa shape index (κ1) is 21.5. The standard InChI is InChI=1S/C20H19BrN4O5S/c21-15-10-16-18(22-13-23-19(16)26)17(11-15)31(28,29)25-8-6-24(7-9-25)20(27)30-12-14-4-2-1-3-5-14/h1-5,10-11,13H,6-9,12H2,(H,22,23,26). The van der Waals surface area contributed by atoms with Crippen LogP contribution in [0.15, 0.2) is 58.2 Å².